The first kappa shape index (κ1) is 10.2. The number of ketones is 1. The van der Waals surface area contributed by atoms with Crippen molar-refractivity contribution in [3.8, 4) is 0 Å². The van der Waals surface area contributed by atoms with Crippen LogP contribution in [0.4, 0.5) is 4.39 Å². The fourth-order valence-electron chi connectivity index (χ4n) is 1.01. The number of hydrogen-bond acceptors (Lipinski definition) is 1. The Balaban J connectivity index is 2.50. The van der Waals surface area contributed by atoms with Crippen molar-refractivity contribution in [1.82, 2.24) is 0 Å². The van der Waals surface area contributed by atoms with Crippen LogP contribution in [0.3, 0.4) is 0 Å². The number of benzene rings is 1. The Labute approximate surface area is 81.5 Å². The molecule has 0 saturated carbocycles. The van der Waals surface area contributed by atoms with Crippen molar-refractivity contribution < 1.29 is 9.18 Å². The van der Waals surface area contributed by atoms with Gasteiger partial charge in [-0.05, 0) is 6.42 Å². The maximum atomic E-state index is 12.2. The summed E-state index contributed by atoms with van der Waals surface area (Å²) in [6, 6.07) is 8.81. The summed E-state index contributed by atoms with van der Waals surface area (Å²) in [5.74, 6) is -0.0658. The van der Waals surface area contributed by atoms with Crippen molar-refractivity contribution in [1.29, 1.82) is 0 Å². The summed E-state index contributed by atoms with van der Waals surface area (Å²) >= 11 is 5.09. The largest absolute Gasteiger partial charge is 0.294 e. The van der Waals surface area contributed by atoms with E-state index < -0.39 is 5.63 Å². The van der Waals surface area contributed by atoms with Crippen molar-refractivity contribution in [2.75, 3.05) is 0 Å². The van der Waals surface area contributed by atoms with Gasteiger partial charge in [0.25, 0.3) is 0 Å². The van der Waals surface area contributed by atoms with Crippen LogP contribution >= 0.6 is 11.6 Å². The number of carbonyl (C=O) groups is 1. The zero-order chi connectivity index (χ0) is 9.68. The van der Waals surface area contributed by atoms with E-state index in [4.69, 9.17) is 11.6 Å². The molecule has 0 aliphatic heterocycles. The minimum Gasteiger partial charge on any atom is -0.294 e. The quantitative estimate of drug-likeness (QED) is 0.539. The molecule has 1 aromatic rings. The molecule has 1 unspecified atom stereocenters. The van der Waals surface area contributed by atoms with Crippen molar-refractivity contribution >= 4 is 17.4 Å². The van der Waals surface area contributed by atoms with Crippen LogP contribution in [0.25, 0.3) is 0 Å². The third-order valence-electron chi connectivity index (χ3n) is 1.69. The highest BCUT2D eigenvalue weighted by Crippen LogP contribution is 2.10. The lowest BCUT2D eigenvalue weighted by molar-refractivity contribution is 0.0975. The average Bonchev–Trinajstić information content (AvgIpc) is 2.15. The van der Waals surface area contributed by atoms with Crippen LogP contribution in [0.2, 0.25) is 0 Å². The second kappa shape index (κ2) is 4.97. The Hall–Kier alpha value is -0.890. The second-order valence-electron chi connectivity index (χ2n) is 2.72. The zero-order valence-corrected chi connectivity index (χ0v) is 7.80. The summed E-state index contributed by atoms with van der Waals surface area (Å²) in [6.45, 7) is 0. The lowest BCUT2D eigenvalue weighted by atomic mass is 10.1. The van der Waals surface area contributed by atoms with E-state index >= 15 is 0 Å². The normalized spacial score (nSPS) is 12.5. The van der Waals surface area contributed by atoms with E-state index in [-0.39, 0.29) is 18.6 Å². The molecule has 0 aliphatic carbocycles. The molecule has 1 aromatic carbocycles. The highest BCUT2D eigenvalue weighted by molar-refractivity contribution is 6.19. The molecular formula is C10H10ClFO. The van der Waals surface area contributed by atoms with Crippen molar-refractivity contribution in [2.45, 2.75) is 18.5 Å². The number of hydrogen-bond donors (Lipinski definition) is 0. The molecule has 0 spiro atoms. The van der Waals surface area contributed by atoms with Crippen LogP contribution in [-0.4, -0.2) is 11.4 Å². The zero-order valence-electron chi connectivity index (χ0n) is 7.04. The molecule has 13 heavy (non-hydrogen) atoms. The van der Waals surface area contributed by atoms with E-state index in [2.05, 4.69) is 0 Å². The Kier molecular flexibility index (Phi) is 3.90. The summed E-state index contributed by atoms with van der Waals surface area (Å²) in [5.41, 5.74) is -0.813. The first-order valence-electron chi connectivity index (χ1n) is 4.06. The van der Waals surface area contributed by atoms with E-state index in [0.717, 1.165) is 0 Å². The lowest BCUT2D eigenvalue weighted by Crippen LogP contribution is -2.01. The molecule has 0 aromatic heterocycles. The van der Waals surface area contributed by atoms with Gasteiger partial charge in [0.2, 0.25) is 0 Å². The Bertz CT molecular complexity index is 272. The van der Waals surface area contributed by atoms with Crippen molar-refractivity contribution in [3.63, 3.8) is 0 Å². The van der Waals surface area contributed by atoms with E-state index in [0.29, 0.717) is 5.56 Å². The van der Waals surface area contributed by atoms with Gasteiger partial charge in [-0.25, -0.2) is 4.39 Å². The maximum absolute atomic E-state index is 12.2. The minimum atomic E-state index is -1.42. The fourth-order valence-corrected chi connectivity index (χ4v) is 1.12. The van der Waals surface area contributed by atoms with E-state index in [1.165, 1.54) is 0 Å². The van der Waals surface area contributed by atoms with Crippen molar-refractivity contribution in [2.24, 2.45) is 0 Å². The van der Waals surface area contributed by atoms with E-state index in [1.54, 1.807) is 24.3 Å². The second-order valence-corrected chi connectivity index (χ2v) is 3.19. The molecule has 1 atom stereocenters. The molecule has 1 rings (SSSR count). The van der Waals surface area contributed by atoms with Gasteiger partial charge in [0.1, 0.15) is 0 Å². The van der Waals surface area contributed by atoms with Gasteiger partial charge < -0.3 is 0 Å². The van der Waals surface area contributed by atoms with Crippen LogP contribution in [0.15, 0.2) is 30.3 Å². The van der Waals surface area contributed by atoms with Crippen LogP contribution in [-0.2, 0) is 0 Å². The number of Topliss-reactive ketones (excluding diaryl/α,β-unsaturated/α-hetero) is 1. The smallest absolute Gasteiger partial charge is 0.173 e. The molecular weight excluding hydrogens is 191 g/mol. The van der Waals surface area contributed by atoms with Crippen LogP contribution in [0.1, 0.15) is 23.2 Å². The molecule has 0 saturated heterocycles. The van der Waals surface area contributed by atoms with Gasteiger partial charge in [-0.1, -0.05) is 41.9 Å². The molecule has 0 radical (unpaired) electrons. The summed E-state index contributed by atoms with van der Waals surface area (Å²) in [4.78, 5) is 11.3. The standard InChI is InChI=1S/C10H10ClFO/c11-10(12)7-6-9(13)8-4-2-1-3-5-8/h1-5,10H,6-7H2. The molecule has 0 bridgehead atoms. The van der Waals surface area contributed by atoms with Crippen LogP contribution in [0.5, 0.6) is 0 Å². The Morgan fingerprint density at radius 1 is 1.38 bits per heavy atom. The maximum Gasteiger partial charge on any atom is 0.173 e. The van der Waals surface area contributed by atoms with Gasteiger partial charge in [0, 0.05) is 12.0 Å². The third-order valence-corrected chi connectivity index (χ3v) is 1.90. The summed E-state index contributed by atoms with van der Waals surface area (Å²) in [5, 5.41) is 0. The van der Waals surface area contributed by atoms with Crippen LogP contribution in [0, 0.1) is 0 Å². The van der Waals surface area contributed by atoms with Gasteiger partial charge >= 0.3 is 0 Å². The molecule has 0 N–H and O–H groups in total. The molecule has 3 heteroatoms. The van der Waals surface area contributed by atoms with Crippen molar-refractivity contribution in [3.05, 3.63) is 35.9 Å². The highest BCUT2D eigenvalue weighted by atomic mass is 35.5. The van der Waals surface area contributed by atoms with Gasteiger partial charge in [-0.2, -0.15) is 0 Å². The summed E-state index contributed by atoms with van der Waals surface area (Å²) in [7, 11) is 0. The van der Waals surface area contributed by atoms with E-state index in [1.807, 2.05) is 6.07 Å². The third kappa shape index (κ3) is 3.55. The fraction of sp³-hybridized carbons (Fsp3) is 0.300. The first-order valence-corrected chi connectivity index (χ1v) is 4.50. The summed E-state index contributed by atoms with van der Waals surface area (Å²) in [6.07, 6.45) is 0.240. The number of alkyl halides is 2. The monoisotopic (exact) mass is 200 g/mol. The highest BCUT2D eigenvalue weighted by Gasteiger charge is 2.08. The molecule has 0 fully saturated rings. The lowest BCUT2D eigenvalue weighted by Gasteiger charge is -2.00. The SMILES string of the molecule is O=C(CCC(F)Cl)c1ccccc1. The number of rotatable bonds is 4. The molecule has 0 aliphatic rings. The van der Waals surface area contributed by atoms with Gasteiger partial charge in [-0.15, -0.1) is 0 Å². The first-order chi connectivity index (χ1) is 6.20. The van der Waals surface area contributed by atoms with Gasteiger partial charge in [0.05, 0.1) is 0 Å². The van der Waals surface area contributed by atoms with Crippen LogP contribution < -0.4 is 0 Å². The topological polar surface area (TPSA) is 17.1 Å². The van der Waals surface area contributed by atoms with Gasteiger partial charge in [-0.3, -0.25) is 4.79 Å². The average molecular weight is 201 g/mol. The molecule has 1 nitrogen and oxygen atoms in total. The molecule has 0 heterocycles. The number of carbonyl (C=O) groups excluding carboxylic acids is 1. The minimum absolute atomic E-state index is 0.0658. The summed E-state index contributed by atoms with van der Waals surface area (Å²) < 4.78 is 12.2. The van der Waals surface area contributed by atoms with Gasteiger partial charge in [0.15, 0.2) is 11.4 Å². The Morgan fingerprint density at radius 2 is 2.00 bits per heavy atom. The molecule has 70 valence electrons. The number of halogens is 2. The Morgan fingerprint density at radius 3 is 2.54 bits per heavy atom. The molecule has 0 amide bonds. The predicted molar refractivity (Wildman–Crippen MR) is 50.8 cm³/mol. The predicted octanol–water partition coefficient (Wildman–Crippen LogP) is 3.18. The van der Waals surface area contributed by atoms with E-state index in [9.17, 15) is 9.18 Å².